The summed E-state index contributed by atoms with van der Waals surface area (Å²) in [6.45, 7) is 2.46. The Balaban J connectivity index is 2.77. The molecule has 0 aliphatic heterocycles. The van der Waals surface area contributed by atoms with E-state index in [4.69, 9.17) is 16.3 Å². The van der Waals surface area contributed by atoms with Crippen LogP contribution in [0.1, 0.15) is 26.2 Å². The van der Waals surface area contributed by atoms with Crippen molar-refractivity contribution in [2.75, 3.05) is 13.7 Å². The van der Waals surface area contributed by atoms with Crippen molar-refractivity contribution in [2.24, 2.45) is 0 Å². The molecule has 0 atom stereocenters. The van der Waals surface area contributed by atoms with Gasteiger partial charge in [0.05, 0.1) is 7.11 Å². The Kier molecular flexibility index (Phi) is 6.77. The van der Waals surface area contributed by atoms with Crippen LogP contribution in [0.15, 0.2) is 23.1 Å². The molecule has 1 aromatic carbocycles. The average molecular weight is 335 g/mol. The average Bonchev–Trinajstić information content (AvgIpc) is 2.43. The van der Waals surface area contributed by atoms with Gasteiger partial charge < -0.3 is 10.1 Å². The zero-order valence-corrected chi connectivity index (χ0v) is 13.6. The molecule has 0 spiro atoms. The summed E-state index contributed by atoms with van der Waals surface area (Å²) in [7, 11) is -2.70. The number of sulfonamides is 1. The predicted molar refractivity (Wildman–Crippen MR) is 81.2 cm³/mol. The Hall–Kier alpha value is -1.47. The van der Waals surface area contributed by atoms with Gasteiger partial charge in [0.2, 0.25) is 0 Å². The number of urea groups is 1. The molecule has 2 N–H and O–H groups in total. The second-order valence-corrected chi connectivity index (χ2v) is 6.45. The van der Waals surface area contributed by atoms with Crippen LogP contribution in [0.2, 0.25) is 5.02 Å². The fourth-order valence-corrected chi connectivity index (χ4v) is 3.01. The molecular formula is C13H19ClN2O4S. The molecule has 6 nitrogen and oxygen atoms in total. The Morgan fingerprint density at radius 2 is 2.05 bits per heavy atom. The summed E-state index contributed by atoms with van der Waals surface area (Å²) in [5.74, 6) is 0.116. The zero-order chi connectivity index (χ0) is 15.9. The fraction of sp³-hybridized carbons (Fsp3) is 0.462. The van der Waals surface area contributed by atoms with Gasteiger partial charge in [-0.05, 0) is 24.6 Å². The molecule has 1 rings (SSSR count). The van der Waals surface area contributed by atoms with Crippen molar-refractivity contribution in [3.63, 3.8) is 0 Å². The van der Waals surface area contributed by atoms with Gasteiger partial charge in [-0.15, -0.1) is 0 Å². The fourth-order valence-electron chi connectivity index (χ4n) is 1.65. The molecule has 2 amide bonds. The Morgan fingerprint density at radius 1 is 1.33 bits per heavy atom. The van der Waals surface area contributed by atoms with Crippen molar-refractivity contribution in [1.29, 1.82) is 0 Å². The monoisotopic (exact) mass is 334 g/mol. The normalized spacial score (nSPS) is 11.0. The van der Waals surface area contributed by atoms with E-state index in [0.29, 0.717) is 6.54 Å². The Morgan fingerprint density at radius 3 is 2.67 bits per heavy atom. The van der Waals surface area contributed by atoms with Gasteiger partial charge >= 0.3 is 6.03 Å². The molecule has 21 heavy (non-hydrogen) atoms. The number of carbonyl (C=O) groups is 1. The molecule has 0 fully saturated rings. The third-order valence-corrected chi connectivity index (χ3v) is 4.30. The van der Waals surface area contributed by atoms with E-state index in [1.54, 1.807) is 0 Å². The number of hydrogen-bond acceptors (Lipinski definition) is 4. The maximum absolute atomic E-state index is 12.2. The molecule has 0 aliphatic rings. The number of amides is 2. The molecule has 0 saturated carbocycles. The number of halogens is 1. The molecule has 0 bridgehead atoms. The van der Waals surface area contributed by atoms with E-state index in [-0.39, 0.29) is 15.7 Å². The number of benzene rings is 1. The van der Waals surface area contributed by atoms with E-state index < -0.39 is 16.1 Å². The van der Waals surface area contributed by atoms with Gasteiger partial charge in [0.15, 0.2) is 0 Å². The number of methoxy groups -OCH3 is 1. The van der Waals surface area contributed by atoms with Gasteiger partial charge in [0, 0.05) is 11.6 Å². The van der Waals surface area contributed by atoms with Crippen molar-refractivity contribution >= 4 is 27.7 Å². The lowest BCUT2D eigenvalue weighted by molar-refractivity contribution is 0.245. The van der Waals surface area contributed by atoms with Crippen LogP contribution >= 0.6 is 11.6 Å². The highest BCUT2D eigenvalue weighted by Crippen LogP contribution is 2.26. The lowest BCUT2D eigenvalue weighted by Gasteiger charge is -2.11. The van der Waals surface area contributed by atoms with E-state index in [9.17, 15) is 13.2 Å². The van der Waals surface area contributed by atoms with E-state index >= 15 is 0 Å². The van der Waals surface area contributed by atoms with Gasteiger partial charge in [0.25, 0.3) is 10.0 Å². The van der Waals surface area contributed by atoms with Gasteiger partial charge in [-0.3, -0.25) is 0 Å². The number of unbranched alkanes of at least 4 members (excludes halogenated alkanes) is 2. The molecule has 0 aromatic heterocycles. The van der Waals surface area contributed by atoms with Crippen LogP contribution in [0.25, 0.3) is 0 Å². The van der Waals surface area contributed by atoms with Crippen LogP contribution in [0, 0.1) is 0 Å². The third kappa shape index (κ3) is 5.43. The van der Waals surface area contributed by atoms with Gasteiger partial charge in [-0.1, -0.05) is 31.4 Å². The zero-order valence-electron chi connectivity index (χ0n) is 12.0. The molecule has 0 radical (unpaired) electrons. The lowest BCUT2D eigenvalue weighted by atomic mass is 10.2. The number of carbonyl (C=O) groups excluding carboxylic acids is 1. The summed E-state index contributed by atoms with van der Waals surface area (Å²) in [4.78, 5) is 11.4. The predicted octanol–water partition coefficient (Wildman–Crippen LogP) is 2.53. The molecule has 0 saturated heterocycles. The summed E-state index contributed by atoms with van der Waals surface area (Å²) in [5.41, 5.74) is 0. The summed E-state index contributed by atoms with van der Waals surface area (Å²) >= 11 is 5.79. The number of hydrogen-bond donors (Lipinski definition) is 2. The second kappa shape index (κ2) is 8.09. The Labute approximate surface area is 129 Å². The van der Waals surface area contributed by atoms with Crippen LogP contribution in [-0.2, 0) is 10.0 Å². The standard InChI is InChI=1S/C13H19ClN2O4S/c1-3-4-5-8-15-13(17)16-21(18,19)12-9-10(14)6-7-11(12)20-2/h6-7,9H,3-5,8H2,1-2H3,(H2,15,16,17). The van der Waals surface area contributed by atoms with Crippen molar-refractivity contribution < 1.29 is 17.9 Å². The van der Waals surface area contributed by atoms with Crippen molar-refractivity contribution in [2.45, 2.75) is 31.1 Å². The molecule has 118 valence electrons. The van der Waals surface area contributed by atoms with Crippen molar-refractivity contribution in [3.8, 4) is 5.75 Å². The highest BCUT2D eigenvalue weighted by Gasteiger charge is 2.22. The number of rotatable bonds is 7. The summed E-state index contributed by atoms with van der Waals surface area (Å²) in [5, 5.41) is 2.73. The van der Waals surface area contributed by atoms with Gasteiger partial charge in [-0.25, -0.2) is 17.9 Å². The minimum atomic E-state index is -4.04. The van der Waals surface area contributed by atoms with Crippen LogP contribution in [0.4, 0.5) is 4.79 Å². The molecule has 0 unspecified atom stereocenters. The summed E-state index contributed by atoms with van der Waals surface area (Å²) < 4.78 is 31.2. The summed E-state index contributed by atoms with van der Waals surface area (Å²) in [6.07, 6.45) is 2.78. The molecule has 0 heterocycles. The highest BCUT2D eigenvalue weighted by molar-refractivity contribution is 7.90. The maximum atomic E-state index is 12.2. The summed E-state index contributed by atoms with van der Waals surface area (Å²) in [6, 6.07) is 3.39. The van der Waals surface area contributed by atoms with Crippen LogP contribution in [0.5, 0.6) is 5.75 Å². The van der Waals surface area contributed by atoms with E-state index in [1.807, 2.05) is 11.6 Å². The number of nitrogens with one attached hydrogen (secondary N) is 2. The third-order valence-electron chi connectivity index (χ3n) is 2.71. The largest absolute Gasteiger partial charge is 0.495 e. The number of ether oxygens (including phenoxy) is 1. The minimum absolute atomic E-state index is 0.116. The Bertz CT molecular complexity index is 590. The smallest absolute Gasteiger partial charge is 0.328 e. The minimum Gasteiger partial charge on any atom is -0.495 e. The first-order chi connectivity index (χ1) is 9.90. The maximum Gasteiger partial charge on any atom is 0.328 e. The molecular weight excluding hydrogens is 316 g/mol. The molecule has 8 heteroatoms. The quantitative estimate of drug-likeness (QED) is 0.750. The molecule has 0 aliphatic carbocycles. The van der Waals surface area contributed by atoms with Crippen LogP contribution in [-0.4, -0.2) is 28.1 Å². The van der Waals surface area contributed by atoms with Gasteiger partial charge in [-0.2, -0.15) is 0 Å². The van der Waals surface area contributed by atoms with E-state index in [2.05, 4.69) is 5.32 Å². The first-order valence-electron chi connectivity index (χ1n) is 6.55. The SMILES string of the molecule is CCCCCNC(=O)NS(=O)(=O)c1cc(Cl)ccc1OC. The van der Waals surface area contributed by atoms with E-state index in [1.165, 1.54) is 25.3 Å². The van der Waals surface area contributed by atoms with Crippen LogP contribution < -0.4 is 14.8 Å². The topological polar surface area (TPSA) is 84.5 Å². The highest BCUT2D eigenvalue weighted by atomic mass is 35.5. The first-order valence-corrected chi connectivity index (χ1v) is 8.41. The van der Waals surface area contributed by atoms with Crippen LogP contribution in [0.3, 0.4) is 0 Å². The second-order valence-electron chi connectivity index (χ2n) is 4.36. The van der Waals surface area contributed by atoms with Crippen molar-refractivity contribution in [3.05, 3.63) is 23.2 Å². The lowest BCUT2D eigenvalue weighted by Crippen LogP contribution is -2.39. The van der Waals surface area contributed by atoms with Gasteiger partial charge in [0.1, 0.15) is 10.6 Å². The first kappa shape index (κ1) is 17.6. The van der Waals surface area contributed by atoms with E-state index in [0.717, 1.165) is 19.3 Å². The van der Waals surface area contributed by atoms with Crippen molar-refractivity contribution in [1.82, 2.24) is 10.0 Å². The molecule has 1 aromatic rings.